The van der Waals surface area contributed by atoms with Crippen LogP contribution in [0.3, 0.4) is 0 Å². The van der Waals surface area contributed by atoms with Gasteiger partial charge in [0.05, 0.1) is 18.0 Å². The monoisotopic (exact) mass is 308 g/mol. The second kappa shape index (κ2) is 5.80. The predicted molar refractivity (Wildman–Crippen MR) is 75.4 cm³/mol. The van der Waals surface area contributed by atoms with Crippen molar-refractivity contribution in [2.45, 2.75) is 0 Å². The summed E-state index contributed by atoms with van der Waals surface area (Å²) < 4.78 is 28.1. The molecular weight excluding hydrogens is 296 g/mol. The maximum Gasteiger partial charge on any atom is 0.353 e. The van der Waals surface area contributed by atoms with Crippen molar-refractivity contribution in [2.24, 2.45) is 5.16 Å². The first-order valence-corrected chi connectivity index (χ1v) is 7.60. The minimum atomic E-state index is -3.90. The third kappa shape index (κ3) is 3.93. The van der Waals surface area contributed by atoms with E-state index >= 15 is 0 Å². The van der Waals surface area contributed by atoms with Crippen LogP contribution in [-0.2, 0) is 14.3 Å². The van der Waals surface area contributed by atoms with Gasteiger partial charge < -0.3 is 14.0 Å². The standard InChI is InChI=1S/C13H12N2O5S/c1-21(18,19)20-13(16)11-6-10(9-14-17)7-12(8-11)15-4-2-3-5-15/h2-9,17H,1H3/b14-9-. The van der Waals surface area contributed by atoms with E-state index in [1.165, 1.54) is 12.1 Å². The molecule has 1 N–H and O–H groups in total. The fourth-order valence-electron chi connectivity index (χ4n) is 1.74. The first-order chi connectivity index (χ1) is 9.89. The summed E-state index contributed by atoms with van der Waals surface area (Å²) in [6.45, 7) is 0. The van der Waals surface area contributed by atoms with Gasteiger partial charge in [0.15, 0.2) is 0 Å². The molecule has 110 valence electrons. The van der Waals surface area contributed by atoms with Crippen LogP contribution in [0.2, 0.25) is 0 Å². The van der Waals surface area contributed by atoms with Crippen molar-refractivity contribution in [1.29, 1.82) is 0 Å². The predicted octanol–water partition coefficient (Wildman–Crippen LogP) is 1.40. The van der Waals surface area contributed by atoms with E-state index in [9.17, 15) is 13.2 Å². The summed E-state index contributed by atoms with van der Waals surface area (Å²) in [4.78, 5) is 11.8. The van der Waals surface area contributed by atoms with Gasteiger partial charge >= 0.3 is 16.1 Å². The molecule has 0 radical (unpaired) electrons. The molecule has 0 saturated carbocycles. The maximum atomic E-state index is 11.8. The first-order valence-electron chi connectivity index (χ1n) is 5.79. The largest absolute Gasteiger partial charge is 0.411 e. The molecule has 1 heterocycles. The lowest BCUT2D eigenvalue weighted by Gasteiger charge is -2.08. The Morgan fingerprint density at radius 2 is 1.95 bits per heavy atom. The number of carbonyl (C=O) groups excluding carboxylic acids is 1. The van der Waals surface area contributed by atoms with E-state index in [1.807, 2.05) is 0 Å². The molecule has 1 aromatic heterocycles. The Bertz CT molecular complexity index is 779. The van der Waals surface area contributed by atoms with Gasteiger partial charge in [0.1, 0.15) is 0 Å². The molecule has 0 spiro atoms. The normalized spacial score (nSPS) is 11.7. The van der Waals surface area contributed by atoms with Gasteiger partial charge in [-0.1, -0.05) is 5.16 Å². The molecular formula is C13H12N2O5S. The van der Waals surface area contributed by atoms with Gasteiger partial charge in [0.25, 0.3) is 0 Å². The third-order valence-electron chi connectivity index (χ3n) is 2.51. The summed E-state index contributed by atoms with van der Waals surface area (Å²) in [7, 11) is -3.90. The third-order valence-corrected chi connectivity index (χ3v) is 2.97. The highest BCUT2D eigenvalue weighted by Gasteiger charge is 2.15. The van der Waals surface area contributed by atoms with Crippen molar-refractivity contribution in [2.75, 3.05) is 6.26 Å². The zero-order valence-corrected chi connectivity index (χ0v) is 11.8. The van der Waals surface area contributed by atoms with Gasteiger partial charge in [-0.05, 0) is 35.9 Å². The molecule has 2 aromatic rings. The molecule has 7 nitrogen and oxygen atoms in total. The first kappa shape index (κ1) is 14.8. The zero-order chi connectivity index (χ0) is 15.5. The van der Waals surface area contributed by atoms with Crippen LogP contribution in [0.15, 0.2) is 47.9 Å². The number of aromatic nitrogens is 1. The fourth-order valence-corrected chi connectivity index (χ4v) is 2.11. The van der Waals surface area contributed by atoms with Crippen LogP contribution < -0.4 is 0 Å². The van der Waals surface area contributed by atoms with Crippen molar-refractivity contribution in [3.05, 3.63) is 53.9 Å². The minimum absolute atomic E-state index is 0.0292. The molecule has 21 heavy (non-hydrogen) atoms. The highest BCUT2D eigenvalue weighted by atomic mass is 32.2. The SMILES string of the molecule is CS(=O)(=O)OC(=O)c1cc(/C=N\O)cc(-n2cccc2)c1. The fraction of sp³-hybridized carbons (Fsp3) is 0.0769. The zero-order valence-electron chi connectivity index (χ0n) is 11.0. The molecule has 0 aliphatic rings. The Morgan fingerprint density at radius 3 is 2.52 bits per heavy atom. The summed E-state index contributed by atoms with van der Waals surface area (Å²) in [5, 5.41) is 11.5. The molecule has 0 amide bonds. The molecule has 0 unspecified atom stereocenters. The van der Waals surface area contributed by atoms with Crippen molar-refractivity contribution < 1.29 is 22.6 Å². The average Bonchev–Trinajstić information content (AvgIpc) is 2.90. The Morgan fingerprint density at radius 1 is 1.29 bits per heavy atom. The van der Waals surface area contributed by atoms with Gasteiger partial charge in [0, 0.05) is 18.1 Å². The Kier molecular flexibility index (Phi) is 4.08. The summed E-state index contributed by atoms with van der Waals surface area (Å²) in [6, 6.07) is 8.09. The molecule has 0 aliphatic heterocycles. The molecule has 0 atom stereocenters. The van der Waals surface area contributed by atoms with E-state index in [0.29, 0.717) is 11.3 Å². The Labute approximate surface area is 121 Å². The minimum Gasteiger partial charge on any atom is -0.411 e. The van der Waals surface area contributed by atoms with Crippen molar-refractivity contribution in [3.8, 4) is 5.69 Å². The highest BCUT2D eigenvalue weighted by Crippen LogP contribution is 2.15. The van der Waals surface area contributed by atoms with Crippen LogP contribution in [0.1, 0.15) is 15.9 Å². The lowest BCUT2D eigenvalue weighted by molar-refractivity contribution is 0.0748. The number of hydrogen-bond acceptors (Lipinski definition) is 6. The molecule has 0 aliphatic carbocycles. The van der Waals surface area contributed by atoms with Crippen LogP contribution in [0, 0.1) is 0 Å². The quantitative estimate of drug-likeness (QED) is 0.398. The van der Waals surface area contributed by atoms with Gasteiger partial charge in [-0.3, -0.25) is 0 Å². The lowest BCUT2D eigenvalue weighted by Crippen LogP contribution is -2.12. The van der Waals surface area contributed by atoms with Crippen LogP contribution in [-0.4, -0.2) is 36.6 Å². The van der Waals surface area contributed by atoms with Crippen molar-refractivity contribution >= 4 is 22.3 Å². The van der Waals surface area contributed by atoms with E-state index in [2.05, 4.69) is 9.34 Å². The van der Waals surface area contributed by atoms with Gasteiger partial charge in [-0.15, -0.1) is 0 Å². The molecule has 0 saturated heterocycles. The second-order valence-corrected chi connectivity index (χ2v) is 5.80. The van der Waals surface area contributed by atoms with Crippen molar-refractivity contribution in [3.63, 3.8) is 0 Å². The van der Waals surface area contributed by atoms with Crippen LogP contribution in [0.4, 0.5) is 0 Å². The Balaban J connectivity index is 2.48. The molecule has 8 heteroatoms. The summed E-state index contributed by atoms with van der Waals surface area (Å²) in [6.07, 6.45) is 5.42. The van der Waals surface area contributed by atoms with Crippen LogP contribution in [0.5, 0.6) is 0 Å². The number of hydrogen-bond donors (Lipinski definition) is 1. The lowest BCUT2D eigenvalue weighted by atomic mass is 10.1. The number of nitrogens with zero attached hydrogens (tertiary/aromatic N) is 2. The second-order valence-electron chi connectivity index (χ2n) is 4.22. The highest BCUT2D eigenvalue weighted by molar-refractivity contribution is 7.86. The van der Waals surface area contributed by atoms with E-state index in [0.717, 1.165) is 12.5 Å². The van der Waals surface area contributed by atoms with Gasteiger partial charge in [0.2, 0.25) is 0 Å². The summed E-state index contributed by atoms with van der Waals surface area (Å²) in [5.74, 6) is -1.00. The van der Waals surface area contributed by atoms with Crippen LogP contribution in [0.25, 0.3) is 5.69 Å². The number of oxime groups is 1. The van der Waals surface area contributed by atoms with E-state index in [4.69, 9.17) is 5.21 Å². The average molecular weight is 308 g/mol. The smallest absolute Gasteiger partial charge is 0.353 e. The topological polar surface area (TPSA) is 98.0 Å². The molecule has 0 bridgehead atoms. The summed E-state index contributed by atoms with van der Waals surface area (Å²) in [5.41, 5.74) is 1.04. The molecule has 1 aromatic carbocycles. The number of benzene rings is 1. The van der Waals surface area contributed by atoms with E-state index < -0.39 is 16.1 Å². The van der Waals surface area contributed by atoms with Crippen molar-refractivity contribution in [1.82, 2.24) is 4.57 Å². The van der Waals surface area contributed by atoms with Gasteiger partial charge in [-0.2, -0.15) is 8.42 Å². The van der Waals surface area contributed by atoms with Crippen LogP contribution >= 0.6 is 0 Å². The molecule has 2 rings (SSSR count). The summed E-state index contributed by atoms with van der Waals surface area (Å²) >= 11 is 0. The van der Waals surface area contributed by atoms with E-state index in [1.54, 1.807) is 35.2 Å². The number of rotatable bonds is 4. The van der Waals surface area contributed by atoms with E-state index in [-0.39, 0.29) is 5.56 Å². The maximum absolute atomic E-state index is 11.8. The van der Waals surface area contributed by atoms with Gasteiger partial charge in [-0.25, -0.2) is 4.79 Å². The molecule has 0 fully saturated rings. The number of carbonyl (C=O) groups is 1. The Hall–Kier alpha value is -2.61.